The van der Waals surface area contributed by atoms with Crippen molar-refractivity contribution in [3.63, 3.8) is 0 Å². The van der Waals surface area contributed by atoms with Crippen LogP contribution in [0.2, 0.25) is 19.6 Å². The molecule has 0 unspecified atom stereocenters. The summed E-state index contributed by atoms with van der Waals surface area (Å²) in [5, 5.41) is 1.57. The Morgan fingerprint density at radius 3 is 2.17 bits per heavy atom. The molecule has 0 radical (unpaired) electrons. The largest absolute Gasteiger partial charge is 0.299 e. The van der Waals surface area contributed by atoms with E-state index in [2.05, 4.69) is 55.7 Å². The second-order valence-electron chi connectivity index (χ2n) is 6.72. The van der Waals surface area contributed by atoms with Crippen molar-refractivity contribution in [2.75, 3.05) is 13.1 Å². The van der Waals surface area contributed by atoms with Crippen molar-refractivity contribution in [1.82, 2.24) is 4.90 Å². The van der Waals surface area contributed by atoms with Gasteiger partial charge in [-0.1, -0.05) is 56.0 Å². The van der Waals surface area contributed by atoms with Gasteiger partial charge < -0.3 is 0 Å². The third-order valence-corrected chi connectivity index (χ3v) is 5.95. The fraction of sp³-hybridized carbons (Fsp3) is 0.625. The van der Waals surface area contributed by atoms with Gasteiger partial charge in [-0.05, 0) is 30.9 Å². The molecule has 0 N–H and O–H groups in total. The van der Waals surface area contributed by atoms with Crippen molar-refractivity contribution >= 4 is 13.3 Å². The Bertz CT molecular complexity index is 373. The van der Waals surface area contributed by atoms with Gasteiger partial charge in [-0.15, -0.1) is 0 Å². The molecular weight excluding hydrogens is 234 g/mol. The van der Waals surface area contributed by atoms with Crippen LogP contribution in [0.4, 0.5) is 0 Å². The lowest BCUT2D eigenvalue weighted by atomic mass is 10.2. The van der Waals surface area contributed by atoms with Crippen LogP contribution in [-0.2, 0) is 6.54 Å². The highest BCUT2D eigenvalue weighted by molar-refractivity contribution is 6.88. The van der Waals surface area contributed by atoms with E-state index in [1.807, 2.05) is 0 Å². The first kappa shape index (κ1) is 13.8. The lowest BCUT2D eigenvalue weighted by Crippen LogP contribution is -2.37. The molecule has 18 heavy (non-hydrogen) atoms. The summed E-state index contributed by atoms with van der Waals surface area (Å²) < 4.78 is 0. The standard InChI is InChI=1S/C16H27NSi/c1-5-17(12-14-6-7-14)13-15-8-10-16(11-9-15)18(2,3)4/h8-11,14H,5-7,12-13H2,1-4H3. The molecule has 1 fully saturated rings. The van der Waals surface area contributed by atoms with E-state index in [0.29, 0.717) is 0 Å². The number of benzene rings is 1. The topological polar surface area (TPSA) is 3.24 Å². The third kappa shape index (κ3) is 3.96. The van der Waals surface area contributed by atoms with Crippen molar-refractivity contribution in [2.45, 2.75) is 46.0 Å². The van der Waals surface area contributed by atoms with Crippen LogP contribution in [0.25, 0.3) is 0 Å². The van der Waals surface area contributed by atoms with Gasteiger partial charge in [0.15, 0.2) is 0 Å². The van der Waals surface area contributed by atoms with E-state index in [9.17, 15) is 0 Å². The molecule has 2 rings (SSSR count). The summed E-state index contributed by atoms with van der Waals surface area (Å²) in [6, 6.07) is 9.38. The Kier molecular flexibility index (Phi) is 4.28. The van der Waals surface area contributed by atoms with Crippen molar-refractivity contribution in [1.29, 1.82) is 0 Å². The predicted molar refractivity (Wildman–Crippen MR) is 83.1 cm³/mol. The van der Waals surface area contributed by atoms with Gasteiger partial charge in [0, 0.05) is 13.1 Å². The van der Waals surface area contributed by atoms with Gasteiger partial charge >= 0.3 is 0 Å². The molecule has 0 spiro atoms. The van der Waals surface area contributed by atoms with Crippen LogP contribution in [0.5, 0.6) is 0 Å². The second kappa shape index (κ2) is 5.58. The van der Waals surface area contributed by atoms with Gasteiger partial charge in [-0.25, -0.2) is 0 Å². The first-order valence-corrected chi connectivity index (χ1v) is 10.8. The molecule has 0 aromatic heterocycles. The molecule has 1 nitrogen and oxygen atoms in total. The number of hydrogen-bond donors (Lipinski definition) is 0. The van der Waals surface area contributed by atoms with E-state index in [4.69, 9.17) is 0 Å². The quantitative estimate of drug-likeness (QED) is 0.709. The van der Waals surface area contributed by atoms with E-state index < -0.39 is 8.07 Å². The summed E-state index contributed by atoms with van der Waals surface area (Å²) in [6.45, 7) is 13.1. The maximum absolute atomic E-state index is 2.58. The predicted octanol–water partition coefficient (Wildman–Crippen LogP) is 3.46. The van der Waals surface area contributed by atoms with Gasteiger partial charge in [-0.3, -0.25) is 4.90 Å². The van der Waals surface area contributed by atoms with E-state index in [-0.39, 0.29) is 0 Å². The molecule has 0 heterocycles. The maximum atomic E-state index is 2.58. The van der Waals surface area contributed by atoms with E-state index in [1.54, 1.807) is 5.19 Å². The Morgan fingerprint density at radius 1 is 1.11 bits per heavy atom. The van der Waals surface area contributed by atoms with Gasteiger partial charge in [-0.2, -0.15) is 0 Å². The molecule has 0 aliphatic heterocycles. The Balaban J connectivity index is 1.95. The summed E-state index contributed by atoms with van der Waals surface area (Å²) in [4.78, 5) is 2.58. The molecule has 100 valence electrons. The van der Waals surface area contributed by atoms with E-state index in [1.165, 1.54) is 31.5 Å². The van der Waals surface area contributed by atoms with Crippen LogP contribution in [0.1, 0.15) is 25.3 Å². The Morgan fingerprint density at radius 2 is 1.72 bits per heavy atom. The molecule has 1 aromatic carbocycles. The summed E-state index contributed by atoms with van der Waals surface area (Å²) in [7, 11) is -1.13. The molecule has 2 heteroatoms. The fourth-order valence-electron chi connectivity index (χ4n) is 2.34. The van der Waals surface area contributed by atoms with Gasteiger partial charge in [0.2, 0.25) is 0 Å². The second-order valence-corrected chi connectivity index (χ2v) is 11.8. The highest BCUT2D eigenvalue weighted by atomic mass is 28.3. The minimum atomic E-state index is -1.13. The third-order valence-electron chi connectivity index (χ3n) is 3.89. The molecule has 0 bridgehead atoms. The lowest BCUT2D eigenvalue weighted by Gasteiger charge is -2.21. The average Bonchev–Trinajstić information content (AvgIpc) is 3.11. The highest BCUT2D eigenvalue weighted by Gasteiger charge is 2.23. The van der Waals surface area contributed by atoms with Crippen LogP contribution < -0.4 is 5.19 Å². The highest BCUT2D eigenvalue weighted by Crippen LogP contribution is 2.30. The Labute approximate surface area is 113 Å². The first-order valence-electron chi connectivity index (χ1n) is 7.31. The average molecular weight is 261 g/mol. The van der Waals surface area contributed by atoms with Crippen molar-refractivity contribution in [3.8, 4) is 0 Å². The van der Waals surface area contributed by atoms with Gasteiger partial charge in [0.25, 0.3) is 0 Å². The minimum Gasteiger partial charge on any atom is -0.299 e. The first-order chi connectivity index (χ1) is 8.49. The SMILES string of the molecule is CCN(Cc1ccc([Si](C)(C)C)cc1)CC1CC1. The van der Waals surface area contributed by atoms with Crippen molar-refractivity contribution in [3.05, 3.63) is 29.8 Å². The van der Waals surface area contributed by atoms with Crippen LogP contribution in [-0.4, -0.2) is 26.1 Å². The van der Waals surface area contributed by atoms with Crippen LogP contribution in [0.15, 0.2) is 24.3 Å². The summed E-state index contributed by atoms with van der Waals surface area (Å²) >= 11 is 0. The molecule has 1 saturated carbocycles. The molecular formula is C16H27NSi. The number of hydrogen-bond acceptors (Lipinski definition) is 1. The Hall–Kier alpha value is -0.603. The minimum absolute atomic E-state index is 0.992. The zero-order chi connectivity index (χ0) is 13.2. The zero-order valence-corrected chi connectivity index (χ0v) is 13.4. The maximum Gasteiger partial charge on any atom is 0.0775 e. The molecule has 1 aromatic rings. The van der Waals surface area contributed by atoms with Gasteiger partial charge in [0.1, 0.15) is 0 Å². The van der Waals surface area contributed by atoms with Crippen molar-refractivity contribution in [2.24, 2.45) is 5.92 Å². The summed E-state index contributed by atoms with van der Waals surface area (Å²) in [6.07, 6.45) is 2.90. The summed E-state index contributed by atoms with van der Waals surface area (Å²) in [5.41, 5.74) is 1.47. The lowest BCUT2D eigenvalue weighted by molar-refractivity contribution is 0.268. The van der Waals surface area contributed by atoms with Gasteiger partial charge in [0.05, 0.1) is 8.07 Å². The molecule has 1 aliphatic carbocycles. The van der Waals surface area contributed by atoms with E-state index >= 15 is 0 Å². The molecule has 0 atom stereocenters. The normalized spacial score (nSPS) is 16.3. The van der Waals surface area contributed by atoms with Crippen LogP contribution in [0.3, 0.4) is 0 Å². The summed E-state index contributed by atoms with van der Waals surface area (Å²) in [5.74, 6) is 0.992. The molecule has 0 saturated heterocycles. The molecule has 0 amide bonds. The number of rotatable bonds is 6. The fourth-order valence-corrected chi connectivity index (χ4v) is 3.51. The number of nitrogens with zero attached hydrogens (tertiary/aromatic N) is 1. The smallest absolute Gasteiger partial charge is 0.0775 e. The van der Waals surface area contributed by atoms with Crippen LogP contribution in [0, 0.1) is 5.92 Å². The van der Waals surface area contributed by atoms with E-state index in [0.717, 1.165) is 12.5 Å². The molecule has 1 aliphatic rings. The zero-order valence-electron chi connectivity index (χ0n) is 12.4. The van der Waals surface area contributed by atoms with Crippen LogP contribution >= 0.6 is 0 Å². The van der Waals surface area contributed by atoms with Crippen molar-refractivity contribution < 1.29 is 0 Å². The monoisotopic (exact) mass is 261 g/mol.